The van der Waals surface area contributed by atoms with Gasteiger partial charge in [0.15, 0.2) is 0 Å². The number of hydrogen-bond donors (Lipinski definition) is 0. The van der Waals surface area contributed by atoms with Gasteiger partial charge in [0, 0.05) is 30.2 Å². The van der Waals surface area contributed by atoms with Crippen molar-refractivity contribution < 1.29 is 18.3 Å². The van der Waals surface area contributed by atoms with Crippen LogP contribution in [0.4, 0.5) is 8.78 Å². The normalized spacial score (nSPS) is 25.2. The molecule has 1 heterocycles. The summed E-state index contributed by atoms with van der Waals surface area (Å²) in [6.07, 6.45) is 0.619. The number of rotatable bonds is 3. The highest BCUT2D eigenvalue weighted by molar-refractivity contribution is 6.21. The van der Waals surface area contributed by atoms with E-state index in [1.54, 1.807) is 0 Å². The highest BCUT2D eigenvalue weighted by Gasteiger charge is 2.34. The Hall–Kier alpha value is -0.870. The molecule has 100 valence electrons. The molecule has 1 saturated heterocycles. The molecule has 0 aliphatic carbocycles. The predicted octanol–water partition coefficient (Wildman–Crippen LogP) is 3.68. The molecular formula is C13H15ClF2O2. The Morgan fingerprint density at radius 1 is 1.39 bits per heavy atom. The van der Waals surface area contributed by atoms with Crippen LogP contribution in [0, 0.1) is 17.6 Å². The average molecular weight is 277 g/mol. The van der Waals surface area contributed by atoms with Gasteiger partial charge in [-0.1, -0.05) is 0 Å². The summed E-state index contributed by atoms with van der Waals surface area (Å²) < 4.78 is 38.0. The summed E-state index contributed by atoms with van der Waals surface area (Å²) in [5, 5.41) is -0.728. The molecule has 3 atom stereocenters. The largest absolute Gasteiger partial charge is 0.497 e. The third-order valence-corrected chi connectivity index (χ3v) is 3.92. The minimum atomic E-state index is -0.728. The summed E-state index contributed by atoms with van der Waals surface area (Å²) in [5.74, 6) is -1.28. The summed E-state index contributed by atoms with van der Waals surface area (Å²) in [5.41, 5.74) is -0.0974. The molecule has 2 nitrogen and oxygen atoms in total. The molecule has 1 aromatic rings. The van der Waals surface area contributed by atoms with E-state index in [2.05, 4.69) is 0 Å². The van der Waals surface area contributed by atoms with Gasteiger partial charge in [0.1, 0.15) is 17.4 Å². The minimum Gasteiger partial charge on any atom is -0.497 e. The van der Waals surface area contributed by atoms with Crippen LogP contribution in [0.15, 0.2) is 12.1 Å². The van der Waals surface area contributed by atoms with Crippen molar-refractivity contribution in [2.75, 3.05) is 13.7 Å². The first-order valence-electron chi connectivity index (χ1n) is 5.83. The van der Waals surface area contributed by atoms with Crippen molar-refractivity contribution in [3.05, 3.63) is 29.3 Å². The molecule has 1 aliphatic heterocycles. The molecule has 0 N–H and O–H groups in total. The Balaban J connectivity index is 2.32. The maximum absolute atomic E-state index is 13.9. The van der Waals surface area contributed by atoms with Crippen LogP contribution in [-0.4, -0.2) is 19.8 Å². The van der Waals surface area contributed by atoms with Crippen molar-refractivity contribution in [2.24, 2.45) is 5.92 Å². The summed E-state index contributed by atoms with van der Waals surface area (Å²) in [7, 11) is 1.36. The van der Waals surface area contributed by atoms with E-state index >= 15 is 0 Å². The van der Waals surface area contributed by atoms with Crippen LogP contribution in [0.1, 0.15) is 24.3 Å². The third kappa shape index (κ3) is 2.45. The van der Waals surface area contributed by atoms with Crippen molar-refractivity contribution in [3.8, 4) is 5.75 Å². The monoisotopic (exact) mass is 276 g/mol. The lowest BCUT2D eigenvalue weighted by Crippen LogP contribution is -2.18. The van der Waals surface area contributed by atoms with Crippen LogP contribution in [0.2, 0.25) is 0 Å². The molecule has 0 aromatic heterocycles. The Morgan fingerprint density at radius 3 is 2.44 bits per heavy atom. The van der Waals surface area contributed by atoms with Gasteiger partial charge >= 0.3 is 0 Å². The fourth-order valence-corrected chi connectivity index (χ4v) is 2.83. The van der Waals surface area contributed by atoms with Crippen LogP contribution in [0.5, 0.6) is 5.75 Å². The molecule has 1 aromatic carbocycles. The molecule has 5 heteroatoms. The minimum absolute atomic E-state index is 0.0796. The van der Waals surface area contributed by atoms with Crippen LogP contribution in [0.3, 0.4) is 0 Å². The van der Waals surface area contributed by atoms with Crippen molar-refractivity contribution in [1.82, 2.24) is 0 Å². The first-order valence-corrected chi connectivity index (χ1v) is 6.27. The van der Waals surface area contributed by atoms with E-state index in [9.17, 15) is 8.78 Å². The fourth-order valence-electron chi connectivity index (χ4n) is 2.29. The molecule has 0 bridgehead atoms. The number of methoxy groups -OCH3 is 1. The highest BCUT2D eigenvalue weighted by atomic mass is 35.5. The zero-order valence-electron chi connectivity index (χ0n) is 10.3. The van der Waals surface area contributed by atoms with Gasteiger partial charge in [0.2, 0.25) is 0 Å². The van der Waals surface area contributed by atoms with Crippen LogP contribution >= 0.6 is 11.6 Å². The lowest BCUT2D eigenvalue weighted by Gasteiger charge is -2.21. The molecule has 0 radical (unpaired) electrons. The Bertz CT molecular complexity index is 416. The summed E-state index contributed by atoms with van der Waals surface area (Å²) in [4.78, 5) is 0. The summed E-state index contributed by atoms with van der Waals surface area (Å²) >= 11 is 6.21. The van der Waals surface area contributed by atoms with Gasteiger partial charge in [0.25, 0.3) is 0 Å². The van der Waals surface area contributed by atoms with Crippen LogP contribution in [0.25, 0.3) is 0 Å². The number of halogens is 3. The zero-order valence-corrected chi connectivity index (χ0v) is 11.0. The second kappa shape index (κ2) is 5.41. The third-order valence-electron chi connectivity index (χ3n) is 3.37. The molecule has 18 heavy (non-hydrogen) atoms. The van der Waals surface area contributed by atoms with Gasteiger partial charge in [-0.3, -0.25) is 0 Å². The van der Waals surface area contributed by atoms with E-state index in [0.717, 1.165) is 12.1 Å². The summed E-state index contributed by atoms with van der Waals surface area (Å²) in [6, 6.07) is 2.29. The lowest BCUT2D eigenvalue weighted by molar-refractivity contribution is 0.104. The molecule has 0 spiro atoms. The maximum Gasteiger partial charge on any atom is 0.134 e. The van der Waals surface area contributed by atoms with E-state index < -0.39 is 17.0 Å². The fraction of sp³-hybridized carbons (Fsp3) is 0.538. The van der Waals surface area contributed by atoms with Gasteiger partial charge in [-0.15, -0.1) is 11.6 Å². The van der Waals surface area contributed by atoms with Gasteiger partial charge in [-0.05, 0) is 13.3 Å². The topological polar surface area (TPSA) is 18.5 Å². The van der Waals surface area contributed by atoms with Crippen molar-refractivity contribution in [3.63, 3.8) is 0 Å². The number of hydrogen-bond acceptors (Lipinski definition) is 2. The van der Waals surface area contributed by atoms with Crippen LogP contribution in [-0.2, 0) is 4.74 Å². The smallest absolute Gasteiger partial charge is 0.134 e. The molecule has 0 amide bonds. The maximum atomic E-state index is 13.9. The Kier molecular flexibility index (Phi) is 4.07. The molecule has 3 unspecified atom stereocenters. The molecule has 0 saturated carbocycles. The number of benzene rings is 1. The molecule has 1 fully saturated rings. The van der Waals surface area contributed by atoms with Crippen LogP contribution < -0.4 is 4.74 Å². The van der Waals surface area contributed by atoms with Gasteiger partial charge in [-0.25, -0.2) is 8.78 Å². The average Bonchev–Trinajstić information content (AvgIpc) is 2.74. The lowest BCUT2D eigenvalue weighted by atomic mass is 9.92. The quantitative estimate of drug-likeness (QED) is 0.784. The van der Waals surface area contributed by atoms with E-state index in [1.807, 2.05) is 6.92 Å². The van der Waals surface area contributed by atoms with Gasteiger partial charge < -0.3 is 9.47 Å². The molecule has 1 aliphatic rings. The second-order valence-corrected chi connectivity index (χ2v) is 4.91. The zero-order chi connectivity index (χ0) is 13.3. The predicted molar refractivity (Wildman–Crippen MR) is 65.0 cm³/mol. The standard InChI is InChI=1S/C13H15ClF2O2/c1-7-9(3-4-18-7)13(14)12-10(15)5-8(17-2)6-11(12)16/h5-7,9,13H,3-4H2,1-2H3. The van der Waals surface area contributed by atoms with E-state index in [-0.39, 0.29) is 23.3 Å². The first-order chi connectivity index (χ1) is 8.54. The molecule has 2 rings (SSSR count). The SMILES string of the molecule is COc1cc(F)c(C(Cl)C2CCOC2C)c(F)c1. The van der Waals surface area contributed by atoms with Crippen molar-refractivity contribution in [1.29, 1.82) is 0 Å². The van der Waals surface area contributed by atoms with Gasteiger partial charge in [-0.2, -0.15) is 0 Å². The Morgan fingerprint density at radius 2 is 2.00 bits per heavy atom. The summed E-state index contributed by atoms with van der Waals surface area (Å²) in [6.45, 7) is 2.45. The van der Waals surface area contributed by atoms with E-state index in [0.29, 0.717) is 13.0 Å². The van der Waals surface area contributed by atoms with E-state index in [1.165, 1.54) is 7.11 Å². The van der Waals surface area contributed by atoms with E-state index in [4.69, 9.17) is 21.1 Å². The number of alkyl halides is 1. The first kappa shape index (κ1) is 13.6. The van der Waals surface area contributed by atoms with Crippen molar-refractivity contribution >= 4 is 11.6 Å². The van der Waals surface area contributed by atoms with Gasteiger partial charge in [0.05, 0.1) is 18.6 Å². The number of ether oxygens (including phenoxy) is 2. The highest BCUT2D eigenvalue weighted by Crippen LogP contribution is 2.40. The molecular weight excluding hydrogens is 262 g/mol. The Labute approximate surface area is 110 Å². The second-order valence-electron chi connectivity index (χ2n) is 4.43. The van der Waals surface area contributed by atoms with Crippen molar-refractivity contribution in [2.45, 2.75) is 24.8 Å².